The zero-order valence-corrected chi connectivity index (χ0v) is 36.4. The van der Waals surface area contributed by atoms with E-state index in [0.29, 0.717) is 88.0 Å². The highest BCUT2D eigenvalue weighted by molar-refractivity contribution is 6.04. The van der Waals surface area contributed by atoms with Crippen molar-refractivity contribution in [2.75, 3.05) is 63.3 Å². The number of ether oxygens (including phenoxy) is 3. The third-order valence-corrected chi connectivity index (χ3v) is 12.2. The molecule has 348 valence electrons. The Balaban J connectivity index is 1.04. The molecular formula is C45H52F4N8O8. The van der Waals surface area contributed by atoms with E-state index >= 15 is 4.39 Å². The van der Waals surface area contributed by atoms with Crippen molar-refractivity contribution in [2.24, 2.45) is 11.3 Å². The van der Waals surface area contributed by atoms with Crippen molar-refractivity contribution >= 4 is 35.3 Å². The van der Waals surface area contributed by atoms with Crippen molar-refractivity contribution in [3.05, 3.63) is 78.1 Å². The van der Waals surface area contributed by atoms with E-state index in [1.165, 1.54) is 31.5 Å². The summed E-state index contributed by atoms with van der Waals surface area (Å²) in [5.41, 5.74) is -0.327. The molecule has 3 fully saturated rings. The number of pyridine rings is 1. The van der Waals surface area contributed by atoms with Gasteiger partial charge in [-0.2, -0.15) is 0 Å². The Bertz CT molecular complexity index is 2350. The number of aliphatic hydroxyl groups excluding tert-OH is 1. The number of alkyl halides is 3. The summed E-state index contributed by atoms with van der Waals surface area (Å²) in [4.78, 5) is 69.9. The molecule has 7 rings (SSSR count). The normalized spacial score (nSPS) is 18.9. The third-order valence-electron chi connectivity index (χ3n) is 12.2. The number of amides is 4. The van der Waals surface area contributed by atoms with Gasteiger partial charge in [-0.15, -0.1) is 13.2 Å². The van der Waals surface area contributed by atoms with Crippen LogP contribution < -0.4 is 20.3 Å². The molecular weight excluding hydrogens is 857 g/mol. The Hall–Kier alpha value is -6.28. The lowest BCUT2D eigenvalue weighted by molar-refractivity contribution is -0.274. The maximum Gasteiger partial charge on any atom is 0.573 e. The van der Waals surface area contributed by atoms with E-state index in [1.54, 1.807) is 48.0 Å². The predicted molar refractivity (Wildman–Crippen MR) is 229 cm³/mol. The number of nitrogens with zero attached hydrogens (tertiary/aromatic N) is 5. The highest BCUT2D eigenvalue weighted by Crippen LogP contribution is 2.39. The van der Waals surface area contributed by atoms with Crippen LogP contribution in [0.1, 0.15) is 68.7 Å². The number of anilines is 2. The number of methoxy groups -OCH3 is 1. The zero-order valence-electron chi connectivity index (χ0n) is 36.4. The van der Waals surface area contributed by atoms with Crippen LogP contribution in [0.25, 0.3) is 22.4 Å². The Labute approximate surface area is 372 Å². The quantitative estimate of drug-likeness (QED) is 0.117. The van der Waals surface area contributed by atoms with Crippen LogP contribution in [-0.2, 0) is 19.1 Å². The van der Waals surface area contributed by atoms with E-state index in [9.17, 15) is 37.5 Å². The molecule has 0 aliphatic carbocycles. The molecule has 2 aromatic carbocycles. The van der Waals surface area contributed by atoms with Crippen LogP contribution in [0, 0.1) is 17.2 Å². The van der Waals surface area contributed by atoms with Crippen molar-refractivity contribution in [3.63, 3.8) is 0 Å². The third kappa shape index (κ3) is 10.6. The minimum absolute atomic E-state index is 0.0150. The second-order valence-corrected chi connectivity index (χ2v) is 17.1. The SMILES string of the molecule is COC(=O)N[C@H](C(=O)N1CCC[C@H]1c1ncc(-c2ccc(-c3cc(F)c(NC(=O)c4ccc(N5CCN(C(=O)C(C)(C)CO)C[C@H]5C)nc4)cc3OC(F)(F)F)cc2)[nH]1)C1CCOCC1. The second-order valence-electron chi connectivity index (χ2n) is 17.1. The standard InChI is InChI=1S/C45H52F4N8O8/c1-26-24-55(42(61)44(2,3)25-58)16-17-56(26)37-12-11-30(22-50-37)40(59)53-33-21-36(65-45(47,48)49)31(20-32(33)46)27-7-9-28(10-8-27)34-23-51-39(52-34)35-6-5-15-57(35)41(60)38(54-43(62)63-4)29-13-18-64-19-14-29/h7-12,20-23,26,29,35,38,58H,5-6,13-19,24-25H2,1-4H3,(H,51,52)(H,53,59)(H,54,62)/t26-,35+,38+/m1/s1. The lowest BCUT2D eigenvalue weighted by atomic mass is 9.90. The first-order valence-corrected chi connectivity index (χ1v) is 21.4. The van der Waals surface area contributed by atoms with Gasteiger partial charge in [0.1, 0.15) is 29.3 Å². The van der Waals surface area contributed by atoms with Gasteiger partial charge in [-0.05, 0) is 81.7 Å². The summed E-state index contributed by atoms with van der Waals surface area (Å²) in [6.45, 7) is 7.63. The number of H-pyrrole nitrogens is 1. The van der Waals surface area contributed by atoms with Crippen molar-refractivity contribution in [3.8, 4) is 28.1 Å². The first-order chi connectivity index (χ1) is 31.0. The molecule has 65 heavy (non-hydrogen) atoms. The monoisotopic (exact) mass is 908 g/mol. The number of aromatic nitrogens is 3. The molecule has 0 unspecified atom stereocenters. The molecule has 20 heteroatoms. The summed E-state index contributed by atoms with van der Waals surface area (Å²) >= 11 is 0. The van der Waals surface area contributed by atoms with Gasteiger partial charge in [-0.1, -0.05) is 24.3 Å². The average molecular weight is 909 g/mol. The minimum Gasteiger partial charge on any atom is -0.453 e. The number of nitrogens with one attached hydrogen (secondary N) is 3. The van der Waals surface area contributed by atoms with E-state index in [4.69, 9.17) is 9.47 Å². The molecule has 4 amide bonds. The van der Waals surface area contributed by atoms with E-state index in [2.05, 4.69) is 30.3 Å². The van der Waals surface area contributed by atoms with Gasteiger partial charge in [0.05, 0.1) is 48.3 Å². The highest BCUT2D eigenvalue weighted by Gasteiger charge is 2.41. The molecule has 2 aromatic heterocycles. The number of carbonyl (C=O) groups excluding carboxylic acids is 4. The van der Waals surface area contributed by atoms with Crippen molar-refractivity contribution in [1.29, 1.82) is 0 Å². The number of imidazole rings is 1. The van der Waals surface area contributed by atoms with Gasteiger partial charge in [0.15, 0.2) is 0 Å². The van der Waals surface area contributed by atoms with Gasteiger partial charge >= 0.3 is 12.5 Å². The van der Waals surface area contributed by atoms with Crippen LogP contribution in [0.15, 0.2) is 60.9 Å². The van der Waals surface area contributed by atoms with Gasteiger partial charge in [-0.25, -0.2) is 19.2 Å². The van der Waals surface area contributed by atoms with Gasteiger partial charge in [0.2, 0.25) is 11.8 Å². The summed E-state index contributed by atoms with van der Waals surface area (Å²) in [5.74, 6) is -2.09. The lowest BCUT2D eigenvalue weighted by Gasteiger charge is -2.42. The van der Waals surface area contributed by atoms with E-state index < -0.39 is 53.1 Å². The number of hydrogen-bond acceptors (Lipinski definition) is 11. The average Bonchev–Trinajstić information content (AvgIpc) is 4.00. The van der Waals surface area contributed by atoms with Crippen molar-refractivity contribution in [2.45, 2.75) is 70.9 Å². The van der Waals surface area contributed by atoms with Gasteiger partial charge in [0.25, 0.3) is 5.91 Å². The summed E-state index contributed by atoms with van der Waals surface area (Å²) in [6.07, 6.45) is -0.469. The van der Waals surface area contributed by atoms with E-state index in [1.807, 2.05) is 11.8 Å². The number of hydrogen-bond donors (Lipinski definition) is 4. The topological polar surface area (TPSA) is 192 Å². The van der Waals surface area contributed by atoms with Crippen molar-refractivity contribution in [1.82, 2.24) is 30.1 Å². The molecule has 3 atom stereocenters. The summed E-state index contributed by atoms with van der Waals surface area (Å²) in [5, 5.41) is 14.7. The fourth-order valence-corrected chi connectivity index (χ4v) is 8.54. The lowest BCUT2D eigenvalue weighted by Crippen LogP contribution is -2.56. The largest absolute Gasteiger partial charge is 0.573 e. The second kappa shape index (κ2) is 19.4. The van der Waals surface area contributed by atoms with E-state index in [-0.39, 0.29) is 47.1 Å². The van der Waals surface area contributed by atoms with E-state index in [0.717, 1.165) is 12.1 Å². The first-order valence-electron chi connectivity index (χ1n) is 21.4. The van der Waals surface area contributed by atoms with Gasteiger partial charge in [-0.3, -0.25) is 14.4 Å². The fraction of sp³-hybridized carbons (Fsp3) is 0.467. The molecule has 3 aliphatic rings. The number of aliphatic hydroxyl groups is 1. The summed E-state index contributed by atoms with van der Waals surface area (Å²) < 4.78 is 71.5. The Kier molecular flexibility index (Phi) is 14.0. The molecule has 4 N–H and O–H groups in total. The number of piperazine rings is 1. The molecule has 0 saturated carbocycles. The Morgan fingerprint density at radius 3 is 2.34 bits per heavy atom. The summed E-state index contributed by atoms with van der Waals surface area (Å²) in [7, 11) is 1.24. The van der Waals surface area contributed by atoms with Crippen LogP contribution in [0.2, 0.25) is 0 Å². The maximum absolute atomic E-state index is 15.7. The molecule has 0 radical (unpaired) electrons. The number of aromatic amines is 1. The first kappa shape index (κ1) is 46.7. The number of halogens is 4. The van der Waals surface area contributed by atoms with Gasteiger partial charge in [0, 0.05) is 63.3 Å². The van der Waals surface area contributed by atoms with Crippen LogP contribution in [0.3, 0.4) is 0 Å². The number of carbonyl (C=O) groups is 4. The maximum atomic E-state index is 15.7. The van der Waals surface area contributed by atoms with Crippen LogP contribution >= 0.6 is 0 Å². The Morgan fingerprint density at radius 1 is 0.969 bits per heavy atom. The molecule has 16 nitrogen and oxygen atoms in total. The molecule has 5 heterocycles. The Morgan fingerprint density at radius 2 is 1.69 bits per heavy atom. The number of alkyl carbamates (subject to hydrolysis) is 1. The van der Waals surface area contributed by atoms with Crippen LogP contribution in [-0.4, -0.2) is 125 Å². The highest BCUT2D eigenvalue weighted by atomic mass is 19.4. The van der Waals surface area contributed by atoms with Crippen LogP contribution in [0.5, 0.6) is 5.75 Å². The van der Waals surface area contributed by atoms with Crippen LogP contribution in [0.4, 0.5) is 33.9 Å². The molecule has 0 bridgehead atoms. The molecule has 3 aliphatic heterocycles. The molecule has 0 spiro atoms. The fourth-order valence-electron chi connectivity index (χ4n) is 8.54. The number of benzene rings is 2. The molecule has 4 aromatic rings. The minimum atomic E-state index is -5.15. The summed E-state index contributed by atoms with van der Waals surface area (Å²) in [6, 6.07) is 9.54. The number of rotatable bonds is 12. The van der Waals surface area contributed by atoms with Crippen molar-refractivity contribution < 1.29 is 56.1 Å². The number of likely N-dealkylation sites (tertiary alicyclic amines) is 1. The zero-order chi connectivity index (χ0) is 46.6. The molecule has 3 saturated heterocycles. The van der Waals surface area contributed by atoms with Gasteiger partial charge < -0.3 is 49.6 Å². The predicted octanol–water partition coefficient (Wildman–Crippen LogP) is 6.30. The smallest absolute Gasteiger partial charge is 0.453 e.